The van der Waals surface area contributed by atoms with Gasteiger partial charge in [-0.25, -0.2) is 4.98 Å². The van der Waals surface area contributed by atoms with E-state index in [1.165, 1.54) is 22.5 Å². The van der Waals surface area contributed by atoms with Gasteiger partial charge >= 0.3 is 0 Å². The van der Waals surface area contributed by atoms with Crippen molar-refractivity contribution >= 4 is 33.9 Å². The van der Waals surface area contributed by atoms with Crippen molar-refractivity contribution in [2.45, 2.75) is 26.4 Å². The second kappa shape index (κ2) is 7.24. The largest absolute Gasteiger partial charge is 0.503 e. The standard InChI is InChI=1S/C23H19N3O4S/c1-12-22(31-13(2)25-12)20(27)18-19(16-10-24-17-8-4-3-7-15(16)17)26(23(29)21(18)28)11-14-6-5-9-30-14/h3-10,19,24,28H,11H2,1-2H3. The number of hydrogen-bond donors (Lipinski definition) is 2. The molecule has 3 aromatic heterocycles. The minimum absolute atomic E-state index is 0.0630. The second-order valence-corrected chi connectivity index (χ2v) is 8.65. The van der Waals surface area contributed by atoms with Gasteiger partial charge in [-0.05, 0) is 32.0 Å². The maximum atomic E-state index is 13.6. The fourth-order valence-electron chi connectivity index (χ4n) is 4.13. The monoisotopic (exact) mass is 433 g/mol. The molecule has 0 aliphatic carbocycles. The van der Waals surface area contributed by atoms with Gasteiger partial charge in [0.1, 0.15) is 5.76 Å². The predicted molar refractivity (Wildman–Crippen MR) is 116 cm³/mol. The molecule has 0 radical (unpaired) electrons. The number of ketones is 1. The van der Waals surface area contributed by atoms with Crippen molar-refractivity contribution in [1.29, 1.82) is 0 Å². The van der Waals surface area contributed by atoms with Crippen LogP contribution in [0.15, 0.2) is 64.6 Å². The lowest BCUT2D eigenvalue weighted by Gasteiger charge is -2.25. The van der Waals surface area contributed by atoms with Crippen molar-refractivity contribution < 1.29 is 19.1 Å². The van der Waals surface area contributed by atoms with E-state index in [2.05, 4.69) is 9.97 Å². The van der Waals surface area contributed by atoms with E-state index in [9.17, 15) is 14.7 Å². The van der Waals surface area contributed by atoms with E-state index in [0.717, 1.165) is 21.5 Å². The Morgan fingerprint density at radius 2 is 2.06 bits per heavy atom. The third kappa shape index (κ3) is 3.07. The van der Waals surface area contributed by atoms with Crippen LogP contribution >= 0.6 is 11.3 Å². The van der Waals surface area contributed by atoms with Gasteiger partial charge < -0.3 is 19.4 Å². The van der Waals surface area contributed by atoms with Gasteiger partial charge in [0, 0.05) is 22.7 Å². The third-order valence-electron chi connectivity index (χ3n) is 5.48. The summed E-state index contributed by atoms with van der Waals surface area (Å²) in [6.07, 6.45) is 3.31. The van der Waals surface area contributed by atoms with Crippen LogP contribution in [0.25, 0.3) is 10.9 Å². The van der Waals surface area contributed by atoms with Gasteiger partial charge in [0.25, 0.3) is 5.91 Å². The maximum Gasteiger partial charge on any atom is 0.290 e. The molecule has 1 unspecified atom stereocenters. The molecule has 1 aromatic carbocycles. The smallest absolute Gasteiger partial charge is 0.290 e. The highest BCUT2D eigenvalue weighted by Crippen LogP contribution is 2.43. The minimum atomic E-state index is -0.761. The van der Waals surface area contributed by atoms with Crippen LogP contribution in [-0.2, 0) is 11.3 Å². The van der Waals surface area contributed by atoms with Gasteiger partial charge in [0.05, 0.1) is 40.0 Å². The van der Waals surface area contributed by atoms with E-state index >= 15 is 0 Å². The molecule has 4 aromatic rings. The van der Waals surface area contributed by atoms with E-state index in [-0.39, 0.29) is 17.9 Å². The molecular formula is C23H19N3O4S. The first-order valence-electron chi connectivity index (χ1n) is 9.77. The van der Waals surface area contributed by atoms with Crippen molar-refractivity contribution in [2.24, 2.45) is 0 Å². The first-order valence-corrected chi connectivity index (χ1v) is 10.6. The van der Waals surface area contributed by atoms with E-state index in [4.69, 9.17) is 4.42 Å². The number of Topliss-reactive ketones (excluding diaryl/α,β-unsaturated/α-hetero) is 1. The average Bonchev–Trinajstić information content (AvgIpc) is 3.52. The summed E-state index contributed by atoms with van der Waals surface area (Å²) in [5.41, 5.74) is 2.27. The van der Waals surface area contributed by atoms with Gasteiger partial charge in [0.2, 0.25) is 5.78 Å². The number of furan rings is 1. The minimum Gasteiger partial charge on any atom is -0.503 e. The van der Waals surface area contributed by atoms with Gasteiger partial charge in [-0.15, -0.1) is 11.3 Å². The zero-order chi connectivity index (χ0) is 21.7. The number of nitrogens with one attached hydrogen (secondary N) is 1. The highest BCUT2D eigenvalue weighted by Gasteiger charge is 2.45. The molecule has 0 spiro atoms. The van der Waals surface area contributed by atoms with E-state index in [1.54, 1.807) is 25.3 Å². The summed E-state index contributed by atoms with van der Waals surface area (Å²) in [7, 11) is 0. The summed E-state index contributed by atoms with van der Waals surface area (Å²) >= 11 is 1.26. The number of aromatic amines is 1. The van der Waals surface area contributed by atoms with Gasteiger partial charge in [-0.1, -0.05) is 18.2 Å². The fourth-order valence-corrected chi connectivity index (χ4v) is 5.00. The Labute approximate surface area is 181 Å². The molecule has 0 bridgehead atoms. The van der Waals surface area contributed by atoms with Gasteiger partial charge in [0.15, 0.2) is 5.76 Å². The summed E-state index contributed by atoms with van der Waals surface area (Å²) < 4.78 is 5.44. The van der Waals surface area contributed by atoms with Crippen LogP contribution < -0.4 is 0 Å². The van der Waals surface area contributed by atoms with Crippen LogP contribution in [0.5, 0.6) is 0 Å². The number of aliphatic hydroxyl groups excluding tert-OH is 1. The Balaban J connectivity index is 1.68. The SMILES string of the molecule is Cc1nc(C)c(C(=O)C2=C(O)C(=O)N(Cc3ccco3)C2c2c[nH]c3ccccc23)s1. The lowest BCUT2D eigenvalue weighted by atomic mass is 9.94. The van der Waals surface area contributed by atoms with Gasteiger partial charge in [-0.2, -0.15) is 0 Å². The van der Waals surface area contributed by atoms with Crippen LogP contribution in [0.3, 0.4) is 0 Å². The predicted octanol–water partition coefficient (Wildman–Crippen LogP) is 4.61. The number of hydrogen-bond acceptors (Lipinski definition) is 6. The zero-order valence-corrected chi connectivity index (χ0v) is 17.7. The first kappa shape index (κ1) is 19.3. The summed E-state index contributed by atoms with van der Waals surface area (Å²) in [5.74, 6) is -0.957. The normalized spacial score (nSPS) is 16.6. The highest BCUT2D eigenvalue weighted by atomic mass is 32.1. The topological polar surface area (TPSA) is 99.4 Å². The van der Waals surface area contributed by atoms with Crippen LogP contribution in [-0.4, -0.2) is 31.7 Å². The Hall–Kier alpha value is -3.65. The molecule has 1 atom stereocenters. The molecule has 2 N–H and O–H groups in total. The number of aromatic nitrogens is 2. The number of fused-ring (bicyclic) bond motifs is 1. The molecular weight excluding hydrogens is 414 g/mol. The molecule has 0 saturated heterocycles. The summed E-state index contributed by atoms with van der Waals surface area (Å²) in [6, 6.07) is 10.4. The lowest BCUT2D eigenvalue weighted by Crippen LogP contribution is -2.30. The number of thiazole rings is 1. The summed E-state index contributed by atoms with van der Waals surface area (Å²) in [4.78, 5) is 36.1. The Kier molecular flexibility index (Phi) is 4.51. The number of H-pyrrole nitrogens is 1. The highest BCUT2D eigenvalue weighted by molar-refractivity contribution is 7.14. The second-order valence-electron chi connectivity index (χ2n) is 7.44. The Morgan fingerprint density at radius 3 is 2.77 bits per heavy atom. The molecule has 0 fully saturated rings. The quantitative estimate of drug-likeness (QED) is 0.448. The molecule has 1 amide bonds. The molecule has 4 heterocycles. The van der Waals surface area contributed by atoms with Crippen LogP contribution in [0.4, 0.5) is 0 Å². The van der Waals surface area contributed by atoms with Crippen LogP contribution in [0.2, 0.25) is 0 Å². The van der Waals surface area contributed by atoms with Crippen molar-refractivity contribution in [2.75, 3.05) is 0 Å². The number of aryl methyl sites for hydroxylation is 2. The Morgan fingerprint density at radius 1 is 1.26 bits per heavy atom. The summed E-state index contributed by atoms with van der Waals surface area (Å²) in [6.45, 7) is 3.70. The molecule has 8 heteroatoms. The van der Waals surface area contributed by atoms with Crippen LogP contribution in [0.1, 0.15) is 37.7 Å². The Bertz CT molecular complexity index is 1350. The van der Waals surface area contributed by atoms with Crippen molar-refractivity contribution in [3.05, 3.63) is 87.1 Å². The first-order chi connectivity index (χ1) is 15.0. The molecule has 7 nitrogen and oxygen atoms in total. The molecule has 156 valence electrons. The molecule has 5 rings (SSSR count). The third-order valence-corrected chi connectivity index (χ3v) is 6.55. The van der Waals surface area contributed by atoms with Crippen LogP contribution in [0, 0.1) is 13.8 Å². The number of nitrogens with zero attached hydrogens (tertiary/aromatic N) is 2. The number of rotatable bonds is 5. The zero-order valence-electron chi connectivity index (χ0n) is 16.9. The van der Waals surface area contributed by atoms with Crippen molar-refractivity contribution in [1.82, 2.24) is 14.9 Å². The number of aliphatic hydroxyl groups is 1. The van der Waals surface area contributed by atoms with E-state index < -0.39 is 17.7 Å². The average molecular weight is 433 g/mol. The number of para-hydroxylation sites is 1. The molecule has 0 saturated carbocycles. The fraction of sp³-hybridized carbons (Fsp3) is 0.174. The van der Waals surface area contributed by atoms with Crippen molar-refractivity contribution in [3.63, 3.8) is 0 Å². The maximum absolute atomic E-state index is 13.6. The number of carbonyl (C=O) groups excluding carboxylic acids is 2. The molecule has 1 aliphatic heterocycles. The molecule has 1 aliphatic rings. The van der Waals surface area contributed by atoms with E-state index in [1.807, 2.05) is 31.2 Å². The lowest BCUT2D eigenvalue weighted by molar-refractivity contribution is -0.130. The number of amides is 1. The molecule has 31 heavy (non-hydrogen) atoms. The van der Waals surface area contributed by atoms with Gasteiger partial charge in [-0.3, -0.25) is 9.59 Å². The number of carbonyl (C=O) groups is 2. The number of benzene rings is 1. The van der Waals surface area contributed by atoms with E-state index in [0.29, 0.717) is 16.3 Å². The van der Waals surface area contributed by atoms with Crippen molar-refractivity contribution in [3.8, 4) is 0 Å². The summed E-state index contributed by atoms with van der Waals surface area (Å²) in [5, 5.41) is 12.5.